The van der Waals surface area contributed by atoms with Crippen LogP contribution in [0.2, 0.25) is 5.02 Å². The normalized spacial score (nSPS) is 16.0. The Morgan fingerprint density at radius 1 is 1.11 bits per heavy atom. The van der Waals surface area contributed by atoms with Crippen LogP contribution < -0.4 is 20.4 Å². The number of furan rings is 1. The number of hydrazone groups is 1. The van der Waals surface area contributed by atoms with Crippen molar-refractivity contribution in [3.8, 4) is 5.75 Å². The van der Waals surface area contributed by atoms with Gasteiger partial charge in [-0.2, -0.15) is 10.2 Å². The van der Waals surface area contributed by atoms with Gasteiger partial charge >= 0.3 is 12.1 Å². The van der Waals surface area contributed by atoms with Crippen molar-refractivity contribution in [2.75, 3.05) is 37.1 Å². The van der Waals surface area contributed by atoms with Gasteiger partial charge < -0.3 is 24.1 Å². The number of hydroxylamine groups is 2. The number of carbonyl (C=O) groups is 3. The smallest absolute Gasteiger partial charge is 0.347 e. The molecule has 0 saturated carbocycles. The topological polar surface area (TPSA) is 149 Å². The van der Waals surface area contributed by atoms with Crippen LogP contribution >= 0.6 is 11.6 Å². The van der Waals surface area contributed by atoms with Gasteiger partial charge in [-0.25, -0.2) is 15.0 Å². The summed E-state index contributed by atoms with van der Waals surface area (Å²) in [5, 5.41) is 18.6. The van der Waals surface area contributed by atoms with Crippen molar-refractivity contribution < 1.29 is 33.5 Å². The molecule has 13 nitrogen and oxygen atoms in total. The molecule has 1 aliphatic rings. The zero-order valence-corrected chi connectivity index (χ0v) is 26.0. The third kappa shape index (κ3) is 8.20. The number of halogens is 1. The molecule has 1 atom stereocenters. The minimum absolute atomic E-state index is 0.353. The van der Waals surface area contributed by atoms with Crippen LogP contribution in [0.1, 0.15) is 25.4 Å². The number of rotatable bonds is 12. The van der Waals surface area contributed by atoms with Gasteiger partial charge in [-0.15, -0.1) is 0 Å². The average Bonchev–Trinajstić information content (AvgIpc) is 3.51. The average molecular weight is 639 g/mol. The number of hydrogen-bond acceptors (Lipinski definition) is 8. The largest absolute Gasteiger partial charge is 0.491 e. The van der Waals surface area contributed by atoms with E-state index in [1.54, 1.807) is 87.7 Å². The molecule has 45 heavy (non-hydrogen) atoms. The van der Waals surface area contributed by atoms with Crippen molar-refractivity contribution in [3.05, 3.63) is 83.3 Å². The molecule has 5 amide bonds. The highest BCUT2D eigenvalue weighted by Crippen LogP contribution is 2.38. The minimum atomic E-state index is -1.26. The first-order valence-corrected chi connectivity index (χ1v) is 14.3. The van der Waals surface area contributed by atoms with Gasteiger partial charge in [0.05, 0.1) is 12.1 Å². The number of ether oxygens (including phenoxy) is 2. The van der Waals surface area contributed by atoms with Crippen molar-refractivity contribution in [1.29, 1.82) is 0 Å². The Morgan fingerprint density at radius 2 is 1.82 bits per heavy atom. The van der Waals surface area contributed by atoms with E-state index >= 15 is 0 Å². The van der Waals surface area contributed by atoms with Crippen molar-refractivity contribution in [1.82, 2.24) is 15.4 Å². The summed E-state index contributed by atoms with van der Waals surface area (Å²) in [5.74, 6) is 1.38. The van der Waals surface area contributed by atoms with Crippen LogP contribution in [-0.2, 0) is 9.53 Å². The number of urea groups is 2. The number of hydrogen-bond donors (Lipinski definition) is 3. The molecule has 3 N–H and O–H groups in total. The van der Waals surface area contributed by atoms with Crippen molar-refractivity contribution in [2.24, 2.45) is 5.10 Å². The number of methoxy groups -OCH3 is 1. The first kappa shape index (κ1) is 33.1. The maximum absolute atomic E-state index is 13.8. The van der Waals surface area contributed by atoms with Gasteiger partial charge in [0.1, 0.15) is 30.4 Å². The fourth-order valence-electron chi connectivity index (χ4n) is 4.65. The number of aryl methyl sites for hydroxylation is 1. The summed E-state index contributed by atoms with van der Waals surface area (Å²) in [6, 6.07) is 14.9. The highest BCUT2D eigenvalue weighted by molar-refractivity contribution is 6.30. The lowest BCUT2D eigenvalue weighted by Crippen LogP contribution is -2.58. The van der Waals surface area contributed by atoms with Crippen molar-refractivity contribution >= 4 is 53.2 Å². The maximum atomic E-state index is 13.8. The molecule has 1 saturated heterocycles. The Morgan fingerprint density at radius 3 is 2.47 bits per heavy atom. The molecule has 3 aromatic rings. The fraction of sp³-hybridized carbons (Fsp3) is 0.290. The van der Waals surface area contributed by atoms with E-state index in [4.69, 9.17) is 25.5 Å². The lowest BCUT2D eigenvalue weighted by molar-refractivity contribution is -0.124. The molecule has 1 fully saturated rings. The van der Waals surface area contributed by atoms with Gasteiger partial charge in [-0.05, 0) is 93.6 Å². The minimum Gasteiger partial charge on any atom is -0.491 e. The lowest BCUT2D eigenvalue weighted by atomic mass is 9.99. The zero-order valence-electron chi connectivity index (χ0n) is 25.3. The highest BCUT2D eigenvalue weighted by Gasteiger charge is 2.56. The van der Waals surface area contributed by atoms with Crippen LogP contribution in [0.25, 0.3) is 6.08 Å². The SMILES string of the molecule is COCCOc1ccc(NC(=O)N(O)C2N(c3ccc(Cl)cc3)C(=O)N(CC(=O)N/N=C/C=C/c3ccc(C)o3)C2(C)C)cc1. The Bertz CT molecular complexity index is 1540. The van der Waals surface area contributed by atoms with Gasteiger partial charge in [0.15, 0.2) is 6.17 Å². The summed E-state index contributed by atoms with van der Waals surface area (Å²) < 4.78 is 15.9. The number of nitrogens with one attached hydrogen (secondary N) is 2. The van der Waals surface area contributed by atoms with E-state index in [-0.39, 0.29) is 0 Å². The number of anilines is 2. The summed E-state index contributed by atoms with van der Waals surface area (Å²) in [6.45, 7) is 5.48. The third-order valence-electron chi connectivity index (χ3n) is 6.89. The van der Waals surface area contributed by atoms with Gasteiger partial charge in [-0.3, -0.25) is 14.9 Å². The monoisotopic (exact) mass is 638 g/mol. The maximum Gasteiger partial charge on any atom is 0.347 e. The molecule has 14 heteroatoms. The molecule has 1 unspecified atom stereocenters. The molecule has 1 aromatic heterocycles. The van der Waals surface area contributed by atoms with E-state index in [0.717, 1.165) is 5.76 Å². The van der Waals surface area contributed by atoms with Crippen LogP contribution in [-0.4, -0.2) is 77.9 Å². The summed E-state index contributed by atoms with van der Waals surface area (Å²) in [4.78, 5) is 42.4. The quantitative estimate of drug-likeness (QED) is 0.105. The predicted octanol–water partition coefficient (Wildman–Crippen LogP) is 5.35. The van der Waals surface area contributed by atoms with E-state index in [1.165, 1.54) is 16.0 Å². The Balaban J connectivity index is 1.49. The first-order valence-electron chi connectivity index (χ1n) is 13.9. The Kier molecular flexibility index (Phi) is 10.8. The lowest BCUT2D eigenvalue weighted by Gasteiger charge is -2.38. The molecule has 0 radical (unpaired) electrons. The number of nitrogens with zero attached hydrogens (tertiary/aromatic N) is 4. The molecule has 2 heterocycles. The molecular formula is C31H35ClN6O7. The van der Waals surface area contributed by atoms with E-state index in [9.17, 15) is 19.6 Å². The Labute approximate surface area is 265 Å². The molecular weight excluding hydrogens is 604 g/mol. The van der Waals surface area contributed by atoms with Gasteiger partial charge in [-0.1, -0.05) is 11.6 Å². The molecule has 4 rings (SSSR count). The van der Waals surface area contributed by atoms with Crippen molar-refractivity contribution in [3.63, 3.8) is 0 Å². The summed E-state index contributed by atoms with van der Waals surface area (Å²) in [5.41, 5.74) is 1.85. The summed E-state index contributed by atoms with van der Waals surface area (Å²) in [7, 11) is 1.57. The fourth-order valence-corrected chi connectivity index (χ4v) is 4.78. The second-order valence-electron chi connectivity index (χ2n) is 10.5. The highest BCUT2D eigenvalue weighted by atomic mass is 35.5. The molecule has 1 aliphatic heterocycles. The van der Waals surface area contributed by atoms with Crippen LogP contribution in [0.4, 0.5) is 21.0 Å². The van der Waals surface area contributed by atoms with Crippen LogP contribution in [0, 0.1) is 6.92 Å². The number of carbonyl (C=O) groups excluding carboxylic acids is 3. The number of benzene rings is 2. The van der Waals surface area contributed by atoms with Crippen LogP contribution in [0.3, 0.4) is 0 Å². The van der Waals surface area contributed by atoms with E-state index < -0.39 is 36.2 Å². The molecule has 0 spiro atoms. The zero-order chi connectivity index (χ0) is 32.6. The van der Waals surface area contributed by atoms with Gasteiger partial charge in [0.2, 0.25) is 0 Å². The standard InChI is InChI=1S/C31H35ClN6O7/c1-21-7-14-26(45-21)6-5-17-33-35-27(39)20-36-30(41)37(24-12-8-22(32)9-13-24)28(31(36,2)3)38(42)29(40)34-23-10-15-25(16-11-23)44-19-18-43-4/h5-17,28,42H,18-20H2,1-4H3,(H,34,40)(H,35,39)/b6-5+,33-17+. The van der Waals surface area contributed by atoms with Gasteiger partial charge in [0.25, 0.3) is 5.91 Å². The molecule has 0 aliphatic carbocycles. The van der Waals surface area contributed by atoms with Crippen molar-refractivity contribution in [2.45, 2.75) is 32.5 Å². The van der Waals surface area contributed by atoms with E-state index in [0.29, 0.717) is 46.2 Å². The first-order chi connectivity index (χ1) is 21.5. The second kappa shape index (κ2) is 14.8. The van der Waals surface area contributed by atoms with Crippen LogP contribution in [0.5, 0.6) is 5.75 Å². The Hall–Kier alpha value is -4.85. The molecule has 238 valence electrons. The summed E-state index contributed by atoms with van der Waals surface area (Å²) >= 11 is 6.07. The molecule has 2 aromatic carbocycles. The predicted molar refractivity (Wildman–Crippen MR) is 169 cm³/mol. The number of amides is 5. The second-order valence-corrected chi connectivity index (χ2v) is 10.9. The van der Waals surface area contributed by atoms with E-state index in [1.807, 2.05) is 13.0 Å². The third-order valence-corrected chi connectivity index (χ3v) is 7.14. The van der Waals surface area contributed by atoms with E-state index in [2.05, 4.69) is 15.8 Å². The van der Waals surface area contributed by atoms with Gasteiger partial charge in [0, 0.05) is 29.7 Å². The molecule has 0 bridgehead atoms. The van der Waals surface area contributed by atoms with Crippen LogP contribution in [0.15, 0.2) is 76.3 Å². The summed E-state index contributed by atoms with van der Waals surface area (Å²) in [6.07, 6.45) is 3.38. The number of allylic oxidation sites excluding steroid dienone is 1.